The molecule has 0 fully saturated rings. The van der Waals surface area contributed by atoms with Crippen molar-refractivity contribution in [3.05, 3.63) is 24.3 Å². The first-order chi connectivity index (χ1) is 9.77. The number of benzene rings is 1. The molecule has 0 unspecified atom stereocenters. The Morgan fingerprint density at radius 1 is 0.857 bits per heavy atom. The summed E-state index contributed by atoms with van der Waals surface area (Å²) >= 11 is 0. The van der Waals surface area contributed by atoms with Gasteiger partial charge in [0.25, 0.3) is 0 Å². The average molecular weight is 332 g/mol. The van der Waals surface area contributed by atoms with Crippen LogP contribution in [-0.2, 0) is 19.7 Å². The van der Waals surface area contributed by atoms with Crippen LogP contribution in [-0.4, -0.2) is 28.8 Å². The molecule has 0 aliphatic rings. The minimum absolute atomic E-state index is 0.0477. The molecule has 120 valence electrons. The summed E-state index contributed by atoms with van der Waals surface area (Å²) in [6, 6.07) is 5.60. The number of rotatable bonds is 9. The van der Waals surface area contributed by atoms with Crippen LogP contribution in [0.3, 0.4) is 0 Å². The molecule has 1 rings (SSSR count). The van der Waals surface area contributed by atoms with Crippen LogP contribution in [0.2, 0.25) is 0 Å². The largest absolute Gasteiger partial charge is 0.224 e. The van der Waals surface area contributed by atoms with Crippen LogP contribution >= 0.6 is 0 Å². The first kappa shape index (κ1) is 18.2. The van der Waals surface area contributed by atoms with E-state index in [-0.39, 0.29) is 15.5 Å². The first-order valence-electron chi connectivity index (χ1n) is 7.30. The van der Waals surface area contributed by atoms with Gasteiger partial charge >= 0.3 is 0 Å². The molecule has 0 spiro atoms. The van der Waals surface area contributed by atoms with Crippen LogP contribution < -0.4 is 0 Å². The van der Waals surface area contributed by atoms with Crippen LogP contribution in [0.15, 0.2) is 34.1 Å². The van der Waals surface area contributed by atoms with Crippen LogP contribution in [0.5, 0.6) is 0 Å². The summed E-state index contributed by atoms with van der Waals surface area (Å²) in [5.74, 6) is 0.0757. The lowest BCUT2D eigenvalue weighted by Crippen LogP contribution is -2.08. The van der Waals surface area contributed by atoms with Gasteiger partial charge in [-0.25, -0.2) is 16.8 Å². The Labute approximate surface area is 128 Å². The zero-order chi connectivity index (χ0) is 15.9. The van der Waals surface area contributed by atoms with Crippen LogP contribution in [0.1, 0.15) is 45.4 Å². The third-order valence-corrected chi connectivity index (χ3v) is 6.27. The summed E-state index contributed by atoms with van der Waals surface area (Å²) in [6.45, 7) is 2.14. The lowest BCUT2D eigenvalue weighted by atomic mass is 10.1. The smallest absolute Gasteiger partial charge is 0.178 e. The Bertz CT molecular complexity index is 646. The van der Waals surface area contributed by atoms with Crippen molar-refractivity contribution in [2.24, 2.45) is 0 Å². The Balaban J connectivity index is 2.67. The van der Waals surface area contributed by atoms with E-state index in [0.717, 1.165) is 31.9 Å². The van der Waals surface area contributed by atoms with Crippen molar-refractivity contribution in [3.8, 4) is 0 Å². The van der Waals surface area contributed by atoms with Crippen LogP contribution in [0.25, 0.3) is 0 Å². The summed E-state index contributed by atoms with van der Waals surface area (Å²) in [5.41, 5.74) is 0. The van der Waals surface area contributed by atoms with Gasteiger partial charge in [0.2, 0.25) is 0 Å². The molecule has 0 heterocycles. The molecule has 0 aromatic heterocycles. The van der Waals surface area contributed by atoms with Crippen LogP contribution in [0, 0.1) is 0 Å². The molecular formula is C15H24O4S2. The summed E-state index contributed by atoms with van der Waals surface area (Å²) in [5, 5.41) is 0. The Morgan fingerprint density at radius 3 is 2.05 bits per heavy atom. The SMILES string of the molecule is CCCCCCCCS(=O)(=O)c1cccc(S(C)(=O)=O)c1. The molecule has 0 aliphatic heterocycles. The molecule has 21 heavy (non-hydrogen) atoms. The molecular weight excluding hydrogens is 308 g/mol. The van der Waals surface area contributed by atoms with Crippen molar-refractivity contribution in [1.82, 2.24) is 0 Å². The van der Waals surface area contributed by atoms with Crippen molar-refractivity contribution < 1.29 is 16.8 Å². The van der Waals surface area contributed by atoms with Crippen molar-refractivity contribution in [2.75, 3.05) is 12.0 Å². The summed E-state index contributed by atoms with van der Waals surface area (Å²) in [7, 11) is -6.79. The van der Waals surface area contributed by atoms with Gasteiger partial charge in [-0.3, -0.25) is 0 Å². The van der Waals surface area contributed by atoms with E-state index < -0.39 is 19.7 Å². The van der Waals surface area contributed by atoms with Crippen molar-refractivity contribution >= 4 is 19.7 Å². The van der Waals surface area contributed by atoms with Gasteiger partial charge in [0.1, 0.15) is 0 Å². The highest BCUT2D eigenvalue weighted by Gasteiger charge is 2.16. The number of hydrogen-bond donors (Lipinski definition) is 0. The van der Waals surface area contributed by atoms with E-state index in [1.807, 2.05) is 0 Å². The first-order valence-corrected chi connectivity index (χ1v) is 10.8. The minimum Gasteiger partial charge on any atom is -0.224 e. The van der Waals surface area contributed by atoms with E-state index in [2.05, 4.69) is 6.92 Å². The van der Waals surface area contributed by atoms with Crippen molar-refractivity contribution in [2.45, 2.75) is 55.2 Å². The van der Waals surface area contributed by atoms with Gasteiger partial charge < -0.3 is 0 Å². The van der Waals surface area contributed by atoms with E-state index in [1.54, 1.807) is 0 Å². The second kappa shape index (κ2) is 7.94. The molecule has 1 aromatic rings. The maximum Gasteiger partial charge on any atom is 0.178 e. The van der Waals surface area contributed by atoms with Gasteiger partial charge in [-0.05, 0) is 24.6 Å². The minimum atomic E-state index is -3.40. The molecule has 0 amide bonds. The molecule has 6 heteroatoms. The molecule has 0 atom stereocenters. The number of unbranched alkanes of at least 4 members (excludes halogenated alkanes) is 5. The third-order valence-electron chi connectivity index (χ3n) is 3.36. The molecule has 0 N–H and O–H groups in total. The summed E-state index contributed by atoms with van der Waals surface area (Å²) in [4.78, 5) is 0.144. The number of sulfone groups is 2. The summed E-state index contributed by atoms with van der Waals surface area (Å²) in [6.07, 6.45) is 7.12. The lowest BCUT2D eigenvalue weighted by molar-refractivity contribution is 0.583. The van der Waals surface area contributed by atoms with E-state index >= 15 is 0 Å². The van der Waals surface area contributed by atoms with E-state index in [0.29, 0.717) is 6.42 Å². The quantitative estimate of drug-likeness (QED) is 0.651. The van der Waals surface area contributed by atoms with Crippen molar-refractivity contribution in [3.63, 3.8) is 0 Å². The fourth-order valence-electron chi connectivity index (χ4n) is 2.09. The zero-order valence-electron chi connectivity index (χ0n) is 12.7. The maximum atomic E-state index is 12.2. The van der Waals surface area contributed by atoms with Gasteiger partial charge in [-0.1, -0.05) is 45.1 Å². The normalized spacial score (nSPS) is 12.5. The highest BCUT2D eigenvalue weighted by molar-refractivity contribution is 7.92. The van der Waals surface area contributed by atoms with E-state index in [9.17, 15) is 16.8 Å². The van der Waals surface area contributed by atoms with E-state index in [1.165, 1.54) is 30.7 Å². The predicted molar refractivity (Wildman–Crippen MR) is 85.0 cm³/mol. The fourth-order valence-corrected chi connectivity index (χ4v) is 4.24. The highest BCUT2D eigenvalue weighted by atomic mass is 32.2. The molecule has 0 aliphatic carbocycles. The Morgan fingerprint density at radius 2 is 1.43 bits per heavy atom. The van der Waals surface area contributed by atoms with Crippen LogP contribution in [0.4, 0.5) is 0 Å². The second-order valence-corrected chi connectivity index (χ2v) is 9.46. The average Bonchev–Trinajstić information content (AvgIpc) is 2.42. The molecule has 0 saturated carbocycles. The lowest BCUT2D eigenvalue weighted by Gasteiger charge is -2.06. The van der Waals surface area contributed by atoms with Gasteiger partial charge in [0.15, 0.2) is 19.7 Å². The Kier molecular flexibility index (Phi) is 6.87. The highest BCUT2D eigenvalue weighted by Crippen LogP contribution is 2.18. The Hall–Kier alpha value is -0.880. The molecule has 4 nitrogen and oxygen atoms in total. The fraction of sp³-hybridized carbons (Fsp3) is 0.600. The number of hydrogen-bond acceptors (Lipinski definition) is 4. The molecule has 0 bridgehead atoms. The standard InChI is InChI=1S/C15H24O4S2/c1-3-4-5-6-7-8-12-21(18,19)15-11-9-10-14(13-15)20(2,16)17/h9-11,13H,3-8,12H2,1-2H3. The van der Waals surface area contributed by atoms with Gasteiger partial charge in [-0.15, -0.1) is 0 Å². The predicted octanol–water partition coefficient (Wildman–Crippen LogP) is 3.22. The van der Waals surface area contributed by atoms with Gasteiger partial charge in [0, 0.05) is 6.26 Å². The summed E-state index contributed by atoms with van der Waals surface area (Å²) < 4.78 is 47.4. The van der Waals surface area contributed by atoms with Gasteiger partial charge in [-0.2, -0.15) is 0 Å². The monoisotopic (exact) mass is 332 g/mol. The van der Waals surface area contributed by atoms with Gasteiger partial charge in [0.05, 0.1) is 15.5 Å². The molecule has 0 saturated heterocycles. The van der Waals surface area contributed by atoms with E-state index in [4.69, 9.17) is 0 Å². The van der Waals surface area contributed by atoms with Crippen molar-refractivity contribution in [1.29, 1.82) is 0 Å². The molecule has 1 aromatic carbocycles. The zero-order valence-corrected chi connectivity index (χ0v) is 14.3. The topological polar surface area (TPSA) is 68.3 Å². The second-order valence-electron chi connectivity index (χ2n) is 5.33. The molecule has 0 radical (unpaired) electrons. The third kappa shape index (κ3) is 6.18. The maximum absolute atomic E-state index is 12.2.